The molecule has 0 fully saturated rings. The minimum atomic E-state index is -3.12. The number of rotatable bonds is 1. The minimum Gasteiger partial charge on any atom is -0.504 e. The highest BCUT2D eigenvalue weighted by molar-refractivity contribution is 5.89. The Morgan fingerprint density at radius 2 is 1.58 bits per heavy atom. The molecule has 3 rings (SSSR count). The number of phenols is 2. The van der Waals surface area contributed by atoms with Crippen LogP contribution in [-0.4, -0.2) is 22.3 Å². The molecule has 0 bridgehead atoms. The molecule has 19 heavy (non-hydrogen) atoms. The molecule has 0 saturated carbocycles. The third-order valence-electron chi connectivity index (χ3n) is 3.07. The summed E-state index contributed by atoms with van der Waals surface area (Å²) in [6.45, 7) is 0.718. The smallest absolute Gasteiger partial charge is 0.286 e. The molecule has 2 aromatic carbocycles. The van der Waals surface area contributed by atoms with Crippen molar-refractivity contribution in [2.45, 2.75) is 19.0 Å². The van der Waals surface area contributed by atoms with Gasteiger partial charge in [-0.1, -0.05) is 24.3 Å². The van der Waals surface area contributed by atoms with Crippen molar-refractivity contribution in [3.05, 3.63) is 35.0 Å². The molecule has 0 spiro atoms. The standard InChI is InChI=1S/C13H10F2N2O2/c1-13(14,15)12-16-8-6-4-2-3-5-7(6)10(18)11(19)9(8)17-12/h2-5,12,18-19H,1H3. The number of aromatic hydroxyl groups is 2. The van der Waals surface area contributed by atoms with Crippen molar-refractivity contribution in [2.75, 3.05) is 0 Å². The average Bonchev–Trinajstić information content (AvgIpc) is 2.81. The lowest BCUT2D eigenvalue weighted by Crippen LogP contribution is -2.25. The average molecular weight is 264 g/mol. The molecular formula is C13H10F2N2O2. The number of halogens is 2. The van der Waals surface area contributed by atoms with Gasteiger partial charge in [0.15, 0.2) is 11.5 Å². The highest BCUT2D eigenvalue weighted by Crippen LogP contribution is 2.30. The Morgan fingerprint density at radius 1 is 1.00 bits per heavy atom. The Morgan fingerprint density at radius 3 is 2.21 bits per heavy atom. The molecule has 0 aliphatic carbocycles. The number of phenolic OH excluding ortho intramolecular Hbond substituents is 2. The molecule has 0 amide bonds. The van der Waals surface area contributed by atoms with Gasteiger partial charge in [0.25, 0.3) is 5.92 Å². The van der Waals surface area contributed by atoms with Crippen LogP contribution in [0, 0.1) is 0 Å². The number of nitrogens with zero attached hydrogens (tertiary/aromatic N) is 2. The summed E-state index contributed by atoms with van der Waals surface area (Å²) in [6, 6.07) is 6.60. The first-order chi connectivity index (χ1) is 8.89. The van der Waals surface area contributed by atoms with Crippen LogP contribution < -0.4 is 10.7 Å². The Kier molecular flexibility index (Phi) is 2.26. The van der Waals surface area contributed by atoms with E-state index >= 15 is 0 Å². The summed E-state index contributed by atoms with van der Waals surface area (Å²) in [7, 11) is 0. The second-order valence-corrected chi connectivity index (χ2v) is 4.53. The molecule has 2 aromatic rings. The molecular weight excluding hydrogens is 254 g/mol. The fourth-order valence-corrected chi connectivity index (χ4v) is 2.13. The van der Waals surface area contributed by atoms with Crippen LogP contribution in [0.3, 0.4) is 0 Å². The van der Waals surface area contributed by atoms with Gasteiger partial charge in [0, 0.05) is 17.7 Å². The topological polar surface area (TPSA) is 65.2 Å². The monoisotopic (exact) mass is 264 g/mol. The number of alkyl halides is 2. The van der Waals surface area contributed by atoms with Crippen molar-refractivity contribution in [3.8, 4) is 11.5 Å². The zero-order valence-corrected chi connectivity index (χ0v) is 9.93. The number of hydrogen-bond donors (Lipinski definition) is 2. The lowest BCUT2D eigenvalue weighted by Gasteiger charge is -2.12. The molecule has 1 aliphatic heterocycles. The second kappa shape index (κ2) is 3.63. The van der Waals surface area contributed by atoms with Gasteiger partial charge in [0.05, 0.1) is 5.36 Å². The molecule has 1 aliphatic rings. The van der Waals surface area contributed by atoms with Crippen LogP contribution in [0.25, 0.3) is 10.8 Å². The molecule has 0 aromatic heterocycles. The third-order valence-corrected chi connectivity index (χ3v) is 3.07. The minimum absolute atomic E-state index is 0.0808. The van der Waals surface area contributed by atoms with Crippen molar-refractivity contribution < 1.29 is 19.0 Å². The summed E-state index contributed by atoms with van der Waals surface area (Å²) in [6.07, 6.45) is -1.57. The second-order valence-electron chi connectivity index (χ2n) is 4.53. The number of hydrogen-bond acceptors (Lipinski definition) is 4. The first-order valence-electron chi connectivity index (χ1n) is 5.65. The summed E-state index contributed by atoms with van der Waals surface area (Å²) in [5.41, 5.74) is 0. The lowest BCUT2D eigenvalue weighted by molar-refractivity contribution is -0.00214. The molecule has 2 N–H and O–H groups in total. The Labute approximate surface area is 106 Å². The van der Waals surface area contributed by atoms with Gasteiger partial charge < -0.3 is 10.2 Å². The molecule has 98 valence electrons. The Balaban J connectivity index is 2.46. The maximum Gasteiger partial charge on any atom is 0.286 e. The molecule has 1 unspecified atom stereocenters. The predicted octanol–water partition coefficient (Wildman–Crippen LogP) is 1.49. The SMILES string of the molecule is CC(F)(F)C1N=c2c(O)c(O)c3ccccc3c2=N1. The molecule has 0 radical (unpaired) electrons. The lowest BCUT2D eigenvalue weighted by atomic mass is 10.1. The fraction of sp³-hybridized carbons (Fsp3) is 0.231. The zero-order chi connectivity index (χ0) is 13.8. The van der Waals surface area contributed by atoms with Gasteiger partial charge in [-0.25, -0.2) is 18.8 Å². The van der Waals surface area contributed by atoms with Crippen molar-refractivity contribution in [2.24, 2.45) is 9.98 Å². The highest BCUT2D eigenvalue weighted by Gasteiger charge is 2.36. The molecule has 1 atom stereocenters. The van der Waals surface area contributed by atoms with E-state index in [0.29, 0.717) is 10.8 Å². The fourth-order valence-electron chi connectivity index (χ4n) is 2.13. The summed E-state index contributed by atoms with van der Waals surface area (Å²) in [5.74, 6) is -4.00. The van der Waals surface area contributed by atoms with E-state index in [4.69, 9.17) is 0 Å². The van der Waals surface area contributed by atoms with E-state index < -0.39 is 17.8 Å². The number of fused-ring (bicyclic) bond motifs is 3. The van der Waals surface area contributed by atoms with E-state index in [0.717, 1.165) is 6.92 Å². The summed E-state index contributed by atoms with van der Waals surface area (Å²) >= 11 is 0. The maximum absolute atomic E-state index is 13.3. The summed E-state index contributed by atoms with van der Waals surface area (Å²) < 4.78 is 26.6. The third kappa shape index (κ3) is 1.63. The predicted molar refractivity (Wildman–Crippen MR) is 64.0 cm³/mol. The van der Waals surface area contributed by atoms with Gasteiger partial charge in [0.1, 0.15) is 5.36 Å². The van der Waals surface area contributed by atoms with Crippen molar-refractivity contribution in [3.63, 3.8) is 0 Å². The first kappa shape index (κ1) is 11.8. The van der Waals surface area contributed by atoms with Crippen LogP contribution in [-0.2, 0) is 0 Å². The van der Waals surface area contributed by atoms with Crippen LogP contribution in [0.2, 0.25) is 0 Å². The highest BCUT2D eigenvalue weighted by atomic mass is 19.3. The van der Waals surface area contributed by atoms with Crippen LogP contribution in [0.1, 0.15) is 6.92 Å². The van der Waals surface area contributed by atoms with Crippen LogP contribution in [0.15, 0.2) is 34.3 Å². The van der Waals surface area contributed by atoms with Gasteiger partial charge >= 0.3 is 0 Å². The van der Waals surface area contributed by atoms with Gasteiger partial charge in [-0.2, -0.15) is 0 Å². The van der Waals surface area contributed by atoms with E-state index in [1.807, 2.05) is 0 Å². The van der Waals surface area contributed by atoms with E-state index in [-0.39, 0.29) is 16.5 Å². The van der Waals surface area contributed by atoms with Crippen LogP contribution in [0.5, 0.6) is 11.5 Å². The summed E-state index contributed by atoms with van der Waals surface area (Å²) in [5, 5.41) is 20.7. The molecule has 4 nitrogen and oxygen atoms in total. The van der Waals surface area contributed by atoms with Gasteiger partial charge in [-0.05, 0) is 0 Å². The van der Waals surface area contributed by atoms with Crippen molar-refractivity contribution >= 4 is 10.8 Å². The maximum atomic E-state index is 13.3. The summed E-state index contributed by atoms with van der Waals surface area (Å²) in [4.78, 5) is 7.57. The van der Waals surface area contributed by atoms with Gasteiger partial charge in [-0.3, -0.25) is 0 Å². The number of benzene rings is 2. The molecule has 1 heterocycles. The van der Waals surface area contributed by atoms with E-state index in [2.05, 4.69) is 9.98 Å². The first-order valence-corrected chi connectivity index (χ1v) is 5.65. The quantitative estimate of drug-likeness (QED) is 0.766. The van der Waals surface area contributed by atoms with E-state index in [1.54, 1.807) is 24.3 Å². The molecule has 6 heteroatoms. The van der Waals surface area contributed by atoms with Crippen LogP contribution >= 0.6 is 0 Å². The van der Waals surface area contributed by atoms with Crippen LogP contribution in [0.4, 0.5) is 8.78 Å². The van der Waals surface area contributed by atoms with Gasteiger partial charge in [0.2, 0.25) is 6.17 Å². The van der Waals surface area contributed by atoms with Gasteiger partial charge in [-0.15, -0.1) is 0 Å². The normalized spacial score (nSPS) is 17.9. The Bertz CT molecular complexity index is 797. The molecule has 0 saturated heterocycles. The zero-order valence-electron chi connectivity index (χ0n) is 9.93. The van der Waals surface area contributed by atoms with Crippen molar-refractivity contribution in [1.82, 2.24) is 0 Å². The van der Waals surface area contributed by atoms with Crippen molar-refractivity contribution in [1.29, 1.82) is 0 Å². The largest absolute Gasteiger partial charge is 0.504 e. The van der Waals surface area contributed by atoms with E-state index in [9.17, 15) is 19.0 Å². The Hall–Kier alpha value is -2.24. The van der Waals surface area contributed by atoms with E-state index in [1.165, 1.54) is 0 Å².